The standard InChI is InChI=1S/C13H20Cl2O4/c1-3-5-7-13(8-6-4-2)18-9(11(14)16)10(19-13)12(15)17/h9-10H,3-8H2,1-2H3/t9-,10-/m1/s1. The summed E-state index contributed by atoms with van der Waals surface area (Å²) in [6.45, 7) is 4.10. The lowest BCUT2D eigenvalue weighted by Crippen LogP contribution is -2.32. The second kappa shape index (κ2) is 7.58. The molecule has 0 aromatic rings. The molecule has 1 aliphatic rings. The van der Waals surface area contributed by atoms with Crippen LogP contribution in [0.5, 0.6) is 0 Å². The van der Waals surface area contributed by atoms with Gasteiger partial charge in [-0.1, -0.05) is 26.7 Å². The third-order valence-electron chi connectivity index (χ3n) is 3.23. The SMILES string of the molecule is CCCCC1(CCCC)O[C@@H](C(=O)Cl)[C@H](C(=O)Cl)O1. The van der Waals surface area contributed by atoms with Crippen LogP contribution in [-0.2, 0) is 19.1 Å². The van der Waals surface area contributed by atoms with E-state index in [4.69, 9.17) is 32.7 Å². The lowest BCUT2D eigenvalue weighted by molar-refractivity contribution is -0.186. The van der Waals surface area contributed by atoms with Gasteiger partial charge in [-0.05, 0) is 36.0 Å². The van der Waals surface area contributed by atoms with Crippen molar-refractivity contribution >= 4 is 33.7 Å². The lowest BCUT2D eigenvalue weighted by Gasteiger charge is -2.27. The maximum atomic E-state index is 11.3. The van der Waals surface area contributed by atoms with Crippen LogP contribution in [-0.4, -0.2) is 28.5 Å². The molecule has 6 heteroatoms. The van der Waals surface area contributed by atoms with Crippen molar-refractivity contribution in [2.75, 3.05) is 0 Å². The van der Waals surface area contributed by atoms with Crippen molar-refractivity contribution < 1.29 is 19.1 Å². The molecule has 1 heterocycles. The van der Waals surface area contributed by atoms with Crippen LogP contribution in [0, 0.1) is 0 Å². The predicted octanol–water partition coefficient (Wildman–Crippen LogP) is 3.38. The largest absolute Gasteiger partial charge is 0.334 e. The third-order valence-corrected chi connectivity index (χ3v) is 3.66. The Kier molecular flexibility index (Phi) is 6.74. The van der Waals surface area contributed by atoms with Gasteiger partial charge in [-0.15, -0.1) is 0 Å². The molecule has 2 atom stereocenters. The average Bonchev–Trinajstić information content (AvgIpc) is 2.75. The summed E-state index contributed by atoms with van der Waals surface area (Å²) in [5.74, 6) is -0.906. The van der Waals surface area contributed by atoms with E-state index in [0.29, 0.717) is 12.8 Å². The maximum absolute atomic E-state index is 11.3. The van der Waals surface area contributed by atoms with Crippen molar-refractivity contribution in [2.24, 2.45) is 0 Å². The zero-order valence-electron chi connectivity index (χ0n) is 11.3. The molecular weight excluding hydrogens is 291 g/mol. The second-order valence-corrected chi connectivity index (χ2v) is 5.55. The minimum Gasteiger partial charge on any atom is -0.334 e. The lowest BCUT2D eigenvalue weighted by atomic mass is 10.0. The van der Waals surface area contributed by atoms with E-state index in [9.17, 15) is 9.59 Å². The van der Waals surface area contributed by atoms with E-state index in [2.05, 4.69) is 13.8 Å². The van der Waals surface area contributed by atoms with Gasteiger partial charge in [0.1, 0.15) is 0 Å². The molecule has 4 nitrogen and oxygen atoms in total. The molecule has 0 spiro atoms. The molecule has 0 amide bonds. The summed E-state index contributed by atoms with van der Waals surface area (Å²) in [4.78, 5) is 22.7. The van der Waals surface area contributed by atoms with Crippen LogP contribution in [0.3, 0.4) is 0 Å². The highest BCUT2D eigenvalue weighted by atomic mass is 35.5. The topological polar surface area (TPSA) is 52.6 Å². The van der Waals surface area contributed by atoms with Gasteiger partial charge in [-0.25, -0.2) is 0 Å². The van der Waals surface area contributed by atoms with E-state index in [1.807, 2.05) is 0 Å². The van der Waals surface area contributed by atoms with Crippen molar-refractivity contribution in [1.82, 2.24) is 0 Å². The smallest absolute Gasteiger partial charge is 0.253 e. The number of carbonyl (C=O) groups is 2. The van der Waals surface area contributed by atoms with Crippen LogP contribution in [0.2, 0.25) is 0 Å². The molecule has 0 radical (unpaired) electrons. The third kappa shape index (κ3) is 4.42. The predicted molar refractivity (Wildman–Crippen MR) is 73.2 cm³/mol. The molecular formula is C13H20Cl2O4. The van der Waals surface area contributed by atoms with Crippen LogP contribution in [0.4, 0.5) is 0 Å². The Hall–Kier alpha value is -0.160. The molecule has 1 saturated heterocycles. The van der Waals surface area contributed by atoms with Crippen molar-refractivity contribution in [3.8, 4) is 0 Å². The molecule has 0 aromatic heterocycles. The number of halogens is 2. The number of ether oxygens (including phenoxy) is 2. The van der Waals surface area contributed by atoms with Gasteiger partial charge in [0.05, 0.1) is 0 Å². The van der Waals surface area contributed by atoms with Crippen LogP contribution >= 0.6 is 23.2 Å². The minimum atomic E-state index is -1.10. The van der Waals surface area contributed by atoms with Gasteiger partial charge in [-0.2, -0.15) is 0 Å². The number of hydrogen-bond donors (Lipinski definition) is 0. The quantitative estimate of drug-likeness (QED) is 0.645. The summed E-state index contributed by atoms with van der Waals surface area (Å²) in [6.07, 6.45) is 2.78. The molecule has 0 aromatic carbocycles. The molecule has 1 fully saturated rings. The normalized spacial score (nSPS) is 25.5. The minimum absolute atomic E-state index is 0.630. The fourth-order valence-electron chi connectivity index (χ4n) is 2.20. The second-order valence-electron chi connectivity index (χ2n) is 4.80. The van der Waals surface area contributed by atoms with Crippen molar-refractivity contribution in [3.05, 3.63) is 0 Å². The first-order chi connectivity index (χ1) is 8.95. The average molecular weight is 311 g/mol. The van der Waals surface area contributed by atoms with E-state index in [1.165, 1.54) is 0 Å². The van der Waals surface area contributed by atoms with E-state index in [1.54, 1.807) is 0 Å². The van der Waals surface area contributed by atoms with Crippen LogP contribution in [0.1, 0.15) is 52.4 Å². The van der Waals surface area contributed by atoms with Gasteiger partial charge in [0.15, 0.2) is 18.0 Å². The first-order valence-electron chi connectivity index (χ1n) is 6.70. The molecule has 0 saturated carbocycles. The number of rotatable bonds is 8. The van der Waals surface area contributed by atoms with E-state index < -0.39 is 28.5 Å². The van der Waals surface area contributed by atoms with Gasteiger partial charge in [-0.3, -0.25) is 9.59 Å². The summed E-state index contributed by atoms with van der Waals surface area (Å²) >= 11 is 10.9. The monoisotopic (exact) mass is 310 g/mol. The molecule has 0 unspecified atom stereocenters. The molecule has 1 aliphatic heterocycles. The highest BCUT2D eigenvalue weighted by molar-refractivity contribution is 6.67. The summed E-state index contributed by atoms with van der Waals surface area (Å²) < 4.78 is 11.4. The number of unbranched alkanes of at least 4 members (excludes halogenated alkanes) is 2. The zero-order chi connectivity index (χ0) is 14.5. The van der Waals surface area contributed by atoms with Gasteiger partial charge in [0.2, 0.25) is 0 Å². The first-order valence-corrected chi connectivity index (χ1v) is 7.45. The van der Waals surface area contributed by atoms with Crippen LogP contribution < -0.4 is 0 Å². The molecule has 110 valence electrons. The number of carbonyl (C=O) groups excluding carboxylic acids is 2. The van der Waals surface area contributed by atoms with E-state index in [-0.39, 0.29) is 0 Å². The fraction of sp³-hybridized carbons (Fsp3) is 0.846. The summed E-state index contributed by atoms with van der Waals surface area (Å²) in [7, 11) is 0. The summed E-state index contributed by atoms with van der Waals surface area (Å²) in [5.41, 5.74) is 0. The number of hydrogen-bond acceptors (Lipinski definition) is 4. The Morgan fingerprint density at radius 2 is 1.32 bits per heavy atom. The maximum Gasteiger partial charge on any atom is 0.253 e. The molecule has 19 heavy (non-hydrogen) atoms. The van der Waals surface area contributed by atoms with Crippen LogP contribution in [0.15, 0.2) is 0 Å². The zero-order valence-corrected chi connectivity index (χ0v) is 12.8. The Bertz CT molecular complexity index is 301. The Morgan fingerprint density at radius 3 is 1.58 bits per heavy atom. The summed E-state index contributed by atoms with van der Waals surface area (Å²) in [6, 6.07) is 0. The van der Waals surface area contributed by atoms with Crippen molar-refractivity contribution in [2.45, 2.75) is 70.4 Å². The van der Waals surface area contributed by atoms with Crippen molar-refractivity contribution in [1.29, 1.82) is 0 Å². The first kappa shape index (κ1) is 16.9. The highest BCUT2D eigenvalue weighted by Crippen LogP contribution is 2.38. The highest BCUT2D eigenvalue weighted by Gasteiger charge is 2.51. The molecule has 0 aliphatic carbocycles. The summed E-state index contributed by atoms with van der Waals surface area (Å²) in [5, 5.41) is -1.48. The van der Waals surface area contributed by atoms with Gasteiger partial charge in [0, 0.05) is 12.8 Å². The van der Waals surface area contributed by atoms with Gasteiger partial charge >= 0.3 is 0 Å². The Balaban J connectivity index is 2.86. The van der Waals surface area contributed by atoms with E-state index >= 15 is 0 Å². The molecule has 0 N–H and O–H groups in total. The van der Waals surface area contributed by atoms with Crippen LogP contribution in [0.25, 0.3) is 0 Å². The van der Waals surface area contributed by atoms with Crippen molar-refractivity contribution in [3.63, 3.8) is 0 Å². The van der Waals surface area contributed by atoms with Gasteiger partial charge in [0.25, 0.3) is 10.5 Å². The fourth-order valence-corrected chi connectivity index (χ4v) is 2.52. The van der Waals surface area contributed by atoms with E-state index in [0.717, 1.165) is 25.7 Å². The Morgan fingerprint density at radius 1 is 0.947 bits per heavy atom. The molecule has 0 bridgehead atoms. The molecule has 1 rings (SSSR count). The Labute approximate surface area is 123 Å². The van der Waals surface area contributed by atoms with Gasteiger partial charge < -0.3 is 9.47 Å².